The number of hydrogen-bond donors (Lipinski definition) is 3. The molecule has 0 aliphatic heterocycles. The van der Waals surface area contributed by atoms with Gasteiger partial charge >= 0.3 is 0 Å². The van der Waals surface area contributed by atoms with Gasteiger partial charge in [0.25, 0.3) is 0 Å². The van der Waals surface area contributed by atoms with Crippen molar-refractivity contribution < 1.29 is 9.90 Å². The Morgan fingerprint density at radius 2 is 2.18 bits per heavy atom. The third kappa shape index (κ3) is 6.19. The van der Waals surface area contributed by atoms with Gasteiger partial charge in [-0.3, -0.25) is 4.79 Å². The number of aliphatic hydroxyl groups is 1. The molecular weight excluding hydrogens is 162 g/mol. The molecule has 0 spiro atoms. The number of hydrogen-bond acceptors (Lipinski definition) is 3. The van der Waals surface area contributed by atoms with Gasteiger partial charge in [0.15, 0.2) is 0 Å². The maximum absolute atomic E-state index is 10.9. The number of aliphatic hydroxyl groups excluding tert-OH is 1. The predicted molar refractivity (Wildman–Crippen MR) is 47.8 cm³/mol. The molecule has 2 N–H and O–H groups in total. The van der Waals surface area contributed by atoms with Crippen molar-refractivity contribution in [2.24, 2.45) is 0 Å². The molecule has 11 heavy (non-hydrogen) atoms. The molecule has 66 valence electrons. The van der Waals surface area contributed by atoms with Crippen molar-refractivity contribution >= 4 is 18.5 Å². The lowest BCUT2D eigenvalue weighted by molar-refractivity contribution is -0.120. The van der Waals surface area contributed by atoms with Gasteiger partial charge in [-0.1, -0.05) is 0 Å². The van der Waals surface area contributed by atoms with E-state index in [0.29, 0.717) is 13.0 Å². The highest BCUT2D eigenvalue weighted by Crippen LogP contribution is 1.92. The van der Waals surface area contributed by atoms with E-state index in [1.54, 1.807) is 13.8 Å². The molecule has 4 heteroatoms. The van der Waals surface area contributed by atoms with Crippen LogP contribution in [-0.2, 0) is 4.79 Å². The van der Waals surface area contributed by atoms with Crippen molar-refractivity contribution in [1.29, 1.82) is 0 Å². The minimum Gasteiger partial charge on any atom is -0.393 e. The molecular formula is C7H15NO2S. The minimum atomic E-state index is -0.356. The van der Waals surface area contributed by atoms with Crippen molar-refractivity contribution in [3.8, 4) is 0 Å². The Morgan fingerprint density at radius 3 is 2.55 bits per heavy atom. The van der Waals surface area contributed by atoms with Crippen LogP contribution < -0.4 is 5.32 Å². The molecule has 0 bridgehead atoms. The average Bonchev–Trinajstić information content (AvgIpc) is 1.86. The van der Waals surface area contributed by atoms with Gasteiger partial charge in [-0.05, 0) is 20.3 Å². The standard InChI is InChI=1S/C7H15NO2S/c1-5(9)3-4-8-7(10)6(2)11/h5-6,9,11H,3-4H2,1-2H3,(H,8,10). The minimum absolute atomic E-state index is 0.0889. The summed E-state index contributed by atoms with van der Waals surface area (Å²) in [5, 5.41) is 11.2. The van der Waals surface area contributed by atoms with Crippen LogP contribution in [0.25, 0.3) is 0 Å². The van der Waals surface area contributed by atoms with Gasteiger partial charge < -0.3 is 10.4 Å². The molecule has 0 aromatic carbocycles. The van der Waals surface area contributed by atoms with Crippen LogP contribution in [0.5, 0.6) is 0 Å². The maximum atomic E-state index is 10.9. The van der Waals surface area contributed by atoms with E-state index in [4.69, 9.17) is 5.11 Å². The lowest BCUT2D eigenvalue weighted by atomic mass is 10.3. The van der Waals surface area contributed by atoms with Crippen LogP contribution in [0.1, 0.15) is 20.3 Å². The van der Waals surface area contributed by atoms with E-state index < -0.39 is 0 Å². The van der Waals surface area contributed by atoms with Crippen molar-refractivity contribution in [3.05, 3.63) is 0 Å². The molecule has 0 aliphatic rings. The second-order valence-electron chi connectivity index (χ2n) is 2.60. The van der Waals surface area contributed by atoms with E-state index in [1.807, 2.05) is 0 Å². The lowest BCUT2D eigenvalue weighted by Gasteiger charge is -2.07. The van der Waals surface area contributed by atoms with E-state index in [9.17, 15) is 4.79 Å². The van der Waals surface area contributed by atoms with Crippen LogP contribution in [-0.4, -0.2) is 28.9 Å². The summed E-state index contributed by atoms with van der Waals surface area (Å²) in [5.74, 6) is -0.0889. The summed E-state index contributed by atoms with van der Waals surface area (Å²) in [6.45, 7) is 3.92. The molecule has 2 unspecified atom stereocenters. The van der Waals surface area contributed by atoms with Crippen molar-refractivity contribution in [1.82, 2.24) is 5.32 Å². The highest BCUT2D eigenvalue weighted by Gasteiger charge is 2.06. The molecule has 0 rings (SSSR count). The van der Waals surface area contributed by atoms with Crippen molar-refractivity contribution in [3.63, 3.8) is 0 Å². The summed E-state index contributed by atoms with van der Waals surface area (Å²) in [5.41, 5.74) is 0. The molecule has 1 amide bonds. The summed E-state index contributed by atoms with van der Waals surface area (Å²) in [6.07, 6.45) is 0.234. The second-order valence-corrected chi connectivity index (χ2v) is 3.38. The average molecular weight is 177 g/mol. The number of carbonyl (C=O) groups excluding carboxylic acids is 1. The van der Waals surface area contributed by atoms with Gasteiger partial charge in [0.05, 0.1) is 11.4 Å². The number of nitrogens with one attached hydrogen (secondary N) is 1. The lowest BCUT2D eigenvalue weighted by Crippen LogP contribution is -2.31. The third-order valence-corrected chi connectivity index (χ3v) is 1.48. The van der Waals surface area contributed by atoms with E-state index in [2.05, 4.69) is 17.9 Å². The highest BCUT2D eigenvalue weighted by molar-refractivity contribution is 7.81. The van der Waals surface area contributed by atoms with Crippen LogP contribution in [0.3, 0.4) is 0 Å². The fourth-order valence-electron chi connectivity index (χ4n) is 0.552. The van der Waals surface area contributed by atoms with Crippen LogP contribution in [0, 0.1) is 0 Å². The molecule has 0 fully saturated rings. The van der Waals surface area contributed by atoms with Crippen LogP contribution >= 0.6 is 12.6 Å². The quantitative estimate of drug-likeness (QED) is 0.537. The molecule has 0 aromatic heterocycles. The first kappa shape index (κ1) is 10.8. The molecule has 2 atom stereocenters. The zero-order chi connectivity index (χ0) is 8.85. The van der Waals surface area contributed by atoms with Crippen molar-refractivity contribution in [2.75, 3.05) is 6.54 Å². The summed E-state index contributed by atoms with van der Waals surface area (Å²) >= 11 is 3.94. The van der Waals surface area contributed by atoms with Crippen LogP contribution in [0.15, 0.2) is 0 Å². The molecule has 3 nitrogen and oxygen atoms in total. The molecule has 0 aliphatic carbocycles. The fraction of sp³-hybridized carbons (Fsp3) is 0.857. The third-order valence-electron chi connectivity index (χ3n) is 1.24. The Bertz CT molecular complexity index is 126. The smallest absolute Gasteiger partial charge is 0.232 e. The number of amides is 1. The Morgan fingerprint density at radius 1 is 1.64 bits per heavy atom. The van der Waals surface area contributed by atoms with Crippen LogP contribution in [0.4, 0.5) is 0 Å². The first-order valence-corrected chi connectivity index (χ1v) is 4.19. The Kier molecular flexibility index (Phi) is 5.32. The van der Waals surface area contributed by atoms with E-state index in [-0.39, 0.29) is 17.3 Å². The zero-order valence-corrected chi connectivity index (χ0v) is 7.77. The summed E-state index contributed by atoms with van der Waals surface area (Å²) in [6, 6.07) is 0. The predicted octanol–water partition coefficient (Wildman–Crippen LogP) is 0.192. The summed E-state index contributed by atoms with van der Waals surface area (Å²) in [4.78, 5) is 10.9. The molecule has 0 heterocycles. The second kappa shape index (κ2) is 5.43. The summed E-state index contributed by atoms with van der Waals surface area (Å²) < 4.78 is 0. The highest BCUT2D eigenvalue weighted by atomic mass is 32.1. The van der Waals surface area contributed by atoms with E-state index in [1.165, 1.54) is 0 Å². The van der Waals surface area contributed by atoms with E-state index >= 15 is 0 Å². The number of rotatable bonds is 4. The van der Waals surface area contributed by atoms with Gasteiger partial charge in [-0.15, -0.1) is 0 Å². The van der Waals surface area contributed by atoms with Gasteiger partial charge in [0, 0.05) is 6.54 Å². The topological polar surface area (TPSA) is 49.3 Å². The van der Waals surface area contributed by atoms with Gasteiger partial charge in [-0.2, -0.15) is 12.6 Å². The maximum Gasteiger partial charge on any atom is 0.232 e. The fourth-order valence-corrected chi connectivity index (χ4v) is 0.643. The Hall–Kier alpha value is -0.220. The molecule has 0 aromatic rings. The van der Waals surface area contributed by atoms with E-state index in [0.717, 1.165) is 0 Å². The Labute approximate surface area is 72.6 Å². The largest absolute Gasteiger partial charge is 0.393 e. The molecule has 0 saturated carbocycles. The van der Waals surface area contributed by atoms with Crippen molar-refractivity contribution in [2.45, 2.75) is 31.6 Å². The first-order chi connectivity index (χ1) is 5.04. The first-order valence-electron chi connectivity index (χ1n) is 3.68. The Balaban J connectivity index is 3.32. The van der Waals surface area contributed by atoms with Crippen LogP contribution in [0.2, 0.25) is 0 Å². The molecule has 0 radical (unpaired) electrons. The zero-order valence-electron chi connectivity index (χ0n) is 6.87. The summed E-state index contributed by atoms with van der Waals surface area (Å²) in [7, 11) is 0. The van der Waals surface area contributed by atoms with Gasteiger partial charge in [0.2, 0.25) is 5.91 Å². The normalized spacial score (nSPS) is 15.6. The SMILES string of the molecule is CC(O)CCNC(=O)C(C)S. The van der Waals surface area contributed by atoms with Gasteiger partial charge in [0.1, 0.15) is 0 Å². The van der Waals surface area contributed by atoms with Gasteiger partial charge in [-0.25, -0.2) is 0 Å². The monoisotopic (exact) mass is 177 g/mol. The number of thiol groups is 1. The number of carbonyl (C=O) groups is 1. The molecule has 0 saturated heterocycles.